The summed E-state index contributed by atoms with van der Waals surface area (Å²) in [6, 6.07) is 8.41. The number of rotatable bonds is 7. The number of alkyl halides is 4. The van der Waals surface area contributed by atoms with E-state index in [0.29, 0.717) is 5.56 Å². The van der Waals surface area contributed by atoms with Crippen LogP contribution in [-0.4, -0.2) is 29.6 Å². The van der Waals surface area contributed by atoms with Gasteiger partial charge in [-0.05, 0) is 6.42 Å². The molecule has 1 unspecified atom stereocenters. The summed E-state index contributed by atoms with van der Waals surface area (Å²) in [5.74, 6) is -3.52. The first-order valence-electron chi connectivity index (χ1n) is 5.74. The van der Waals surface area contributed by atoms with Crippen LogP contribution in [0.25, 0.3) is 0 Å². The predicted octanol–water partition coefficient (Wildman–Crippen LogP) is 4.28. The van der Waals surface area contributed by atoms with Crippen LogP contribution in [0.1, 0.15) is 23.2 Å². The molecule has 1 aromatic carbocycles. The molecular weight excluding hydrogens is 280 g/mol. The van der Waals surface area contributed by atoms with Crippen LogP contribution in [0.5, 0.6) is 0 Å². The Kier molecular flexibility index (Phi) is 6.34. The molecule has 1 nitrogen and oxygen atoms in total. The number of halogens is 4. The first-order valence-corrected chi connectivity index (χ1v) is 6.73. The normalized spacial score (nSPS) is 13.3. The second-order valence-corrected chi connectivity index (χ2v) is 5.15. The number of thioether (sulfide) groups is 1. The third kappa shape index (κ3) is 6.09. The lowest BCUT2D eigenvalue weighted by Gasteiger charge is -2.14. The molecule has 0 radical (unpaired) electrons. The van der Waals surface area contributed by atoms with Gasteiger partial charge in [-0.3, -0.25) is 4.79 Å². The first kappa shape index (κ1) is 16.0. The maximum Gasteiger partial charge on any atom is 0.278 e. The Morgan fingerprint density at radius 1 is 1.26 bits per heavy atom. The van der Waals surface area contributed by atoms with Crippen molar-refractivity contribution in [2.75, 3.05) is 12.4 Å². The monoisotopic (exact) mass is 294 g/mol. The summed E-state index contributed by atoms with van der Waals surface area (Å²) in [7, 11) is 0. The van der Waals surface area contributed by atoms with Crippen LogP contribution < -0.4 is 0 Å². The van der Waals surface area contributed by atoms with E-state index in [1.165, 1.54) is 0 Å². The van der Waals surface area contributed by atoms with Crippen molar-refractivity contribution in [3.8, 4) is 0 Å². The van der Waals surface area contributed by atoms with E-state index in [-0.39, 0.29) is 17.3 Å². The summed E-state index contributed by atoms with van der Waals surface area (Å²) >= 11 is 0.874. The molecule has 0 fully saturated rings. The minimum Gasteiger partial charge on any atom is -0.282 e. The van der Waals surface area contributed by atoms with Crippen molar-refractivity contribution in [2.45, 2.75) is 24.9 Å². The Bertz CT molecular complexity index is 397. The van der Waals surface area contributed by atoms with E-state index in [0.717, 1.165) is 11.8 Å². The Labute approximate surface area is 113 Å². The quantitative estimate of drug-likeness (QED) is 0.698. The standard InChI is InChI=1S/C13H14F4OS/c14-9-13(16,17)8-11(15)6-7-19-12(18)10-4-2-1-3-5-10/h1-5,11H,6-9H2. The molecule has 1 rings (SSSR count). The molecule has 0 aliphatic rings. The molecule has 19 heavy (non-hydrogen) atoms. The van der Waals surface area contributed by atoms with E-state index in [4.69, 9.17) is 0 Å². The molecule has 0 heterocycles. The Hall–Kier alpha value is -1.04. The van der Waals surface area contributed by atoms with Crippen molar-refractivity contribution >= 4 is 16.9 Å². The fourth-order valence-electron chi connectivity index (χ4n) is 1.42. The first-order chi connectivity index (χ1) is 8.94. The van der Waals surface area contributed by atoms with Crippen LogP contribution in [-0.2, 0) is 0 Å². The lowest BCUT2D eigenvalue weighted by Crippen LogP contribution is -2.24. The minimum absolute atomic E-state index is 0.0945. The van der Waals surface area contributed by atoms with E-state index in [9.17, 15) is 22.4 Å². The lowest BCUT2D eigenvalue weighted by molar-refractivity contribution is -0.0477. The van der Waals surface area contributed by atoms with Crippen LogP contribution in [0.2, 0.25) is 0 Å². The van der Waals surface area contributed by atoms with Crippen LogP contribution in [0.15, 0.2) is 30.3 Å². The zero-order valence-electron chi connectivity index (χ0n) is 10.1. The van der Waals surface area contributed by atoms with Gasteiger partial charge in [0.05, 0.1) is 0 Å². The van der Waals surface area contributed by atoms with Crippen LogP contribution >= 0.6 is 11.8 Å². The second kappa shape index (κ2) is 7.53. The van der Waals surface area contributed by atoms with Gasteiger partial charge in [-0.1, -0.05) is 42.1 Å². The molecule has 0 aliphatic carbocycles. The molecule has 0 saturated heterocycles. The van der Waals surface area contributed by atoms with E-state index < -0.39 is 25.2 Å². The summed E-state index contributed by atoms with van der Waals surface area (Å²) in [5.41, 5.74) is 0.483. The maximum atomic E-state index is 13.2. The molecule has 0 amide bonds. The molecule has 0 aromatic heterocycles. The highest BCUT2D eigenvalue weighted by molar-refractivity contribution is 8.14. The predicted molar refractivity (Wildman–Crippen MR) is 68.3 cm³/mol. The van der Waals surface area contributed by atoms with Gasteiger partial charge in [-0.2, -0.15) is 0 Å². The fraction of sp³-hybridized carbons (Fsp3) is 0.462. The zero-order chi connectivity index (χ0) is 14.3. The number of benzene rings is 1. The highest BCUT2D eigenvalue weighted by Gasteiger charge is 2.32. The topological polar surface area (TPSA) is 17.1 Å². The highest BCUT2D eigenvalue weighted by Crippen LogP contribution is 2.25. The molecule has 0 aliphatic heterocycles. The Morgan fingerprint density at radius 3 is 2.47 bits per heavy atom. The minimum atomic E-state index is -3.62. The largest absolute Gasteiger partial charge is 0.282 e. The molecule has 1 atom stereocenters. The SMILES string of the molecule is O=C(SCCC(F)CC(F)(F)CF)c1ccccc1. The second-order valence-electron chi connectivity index (χ2n) is 4.08. The van der Waals surface area contributed by atoms with Crippen LogP contribution in [0, 0.1) is 0 Å². The number of carbonyl (C=O) groups excluding carboxylic acids is 1. The van der Waals surface area contributed by atoms with E-state index >= 15 is 0 Å². The van der Waals surface area contributed by atoms with Crippen molar-refractivity contribution in [3.05, 3.63) is 35.9 Å². The highest BCUT2D eigenvalue weighted by atomic mass is 32.2. The summed E-state index contributed by atoms with van der Waals surface area (Å²) in [4.78, 5) is 11.6. The molecule has 0 bridgehead atoms. The molecule has 1 aromatic rings. The van der Waals surface area contributed by atoms with E-state index in [2.05, 4.69) is 0 Å². The summed E-state index contributed by atoms with van der Waals surface area (Å²) < 4.78 is 50.1. The van der Waals surface area contributed by atoms with Gasteiger partial charge in [-0.15, -0.1) is 0 Å². The molecule has 6 heteroatoms. The van der Waals surface area contributed by atoms with Crippen molar-refractivity contribution in [3.63, 3.8) is 0 Å². The number of carbonyl (C=O) groups is 1. The van der Waals surface area contributed by atoms with Crippen molar-refractivity contribution < 1.29 is 22.4 Å². The van der Waals surface area contributed by atoms with Crippen LogP contribution in [0.3, 0.4) is 0 Å². The fourth-order valence-corrected chi connectivity index (χ4v) is 2.28. The zero-order valence-corrected chi connectivity index (χ0v) is 10.9. The summed E-state index contributed by atoms with van der Waals surface area (Å²) in [6.07, 6.45) is -3.13. The lowest BCUT2D eigenvalue weighted by atomic mass is 10.1. The maximum absolute atomic E-state index is 13.2. The number of hydrogen-bond acceptors (Lipinski definition) is 2. The van der Waals surface area contributed by atoms with Gasteiger partial charge >= 0.3 is 0 Å². The van der Waals surface area contributed by atoms with Gasteiger partial charge in [-0.25, -0.2) is 17.6 Å². The molecule has 0 spiro atoms. The smallest absolute Gasteiger partial charge is 0.278 e. The molecule has 0 saturated carbocycles. The molecule has 0 N–H and O–H groups in total. The number of hydrogen-bond donors (Lipinski definition) is 0. The van der Waals surface area contributed by atoms with Gasteiger partial charge in [0.2, 0.25) is 5.12 Å². The third-order valence-electron chi connectivity index (χ3n) is 2.39. The third-order valence-corrected chi connectivity index (χ3v) is 3.33. The average Bonchev–Trinajstić information content (AvgIpc) is 2.39. The van der Waals surface area contributed by atoms with E-state index in [1.54, 1.807) is 30.3 Å². The van der Waals surface area contributed by atoms with Gasteiger partial charge in [0.15, 0.2) is 6.67 Å². The Balaban J connectivity index is 2.29. The van der Waals surface area contributed by atoms with Crippen molar-refractivity contribution in [2.24, 2.45) is 0 Å². The molecule has 106 valence electrons. The summed E-state index contributed by atoms with van der Waals surface area (Å²) in [5, 5.41) is -0.231. The average molecular weight is 294 g/mol. The van der Waals surface area contributed by atoms with Crippen molar-refractivity contribution in [1.29, 1.82) is 0 Å². The summed E-state index contributed by atoms with van der Waals surface area (Å²) in [6.45, 7) is -1.86. The van der Waals surface area contributed by atoms with Gasteiger partial charge in [0.25, 0.3) is 5.92 Å². The van der Waals surface area contributed by atoms with Crippen LogP contribution in [0.4, 0.5) is 17.6 Å². The van der Waals surface area contributed by atoms with Gasteiger partial charge in [0, 0.05) is 17.7 Å². The van der Waals surface area contributed by atoms with Crippen molar-refractivity contribution in [1.82, 2.24) is 0 Å². The molecular formula is C13H14F4OS. The van der Waals surface area contributed by atoms with E-state index in [1.807, 2.05) is 0 Å². The Morgan fingerprint density at radius 2 is 1.89 bits per heavy atom. The van der Waals surface area contributed by atoms with Gasteiger partial charge < -0.3 is 0 Å². The van der Waals surface area contributed by atoms with Gasteiger partial charge in [0.1, 0.15) is 6.17 Å².